The SMILES string of the molecule is CCOCCN(CC)C(=O)[C@H]1CSCN1.Cl. The summed E-state index contributed by atoms with van der Waals surface area (Å²) >= 11 is 1.78. The van der Waals surface area contributed by atoms with E-state index >= 15 is 0 Å². The molecule has 0 bridgehead atoms. The van der Waals surface area contributed by atoms with Gasteiger partial charge in [-0.05, 0) is 13.8 Å². The molecule has 1 heterocycles. The van der Waals surface area contributed by atoms with Gasteiger partial charge in [0.15, 0.2) is 0 Å². The fourth-order valence-corrected chi connectivity index (χ4v) is 2.45. The van der Waals surface area contributed by atoms with Crippen LogP contribution in [0.3, 0.4) is 0 Å². The number of amides is 1. The van der Waals surface area contributed by atoms with E-state index in [-0.39, 0.29) is 24.4 Å². The first kappa shape index (κ1) is 16.0. The first-order chi connectivity index (χ1) is 7.29. The number of hydrogen-bond donors (Lipinski definition) is 1. The van der Waals surface area contributed by atoms with Crippen molar-refractivity contribution in [1.29, 1.82) is 0 Å². The standard InChI is InChI=1S/C10H20N2O2S.ClH/c1-3-12(5-6-14-4-2)10(13)9-7-15-8-11-9;/h9,11H,3-8H2,1-2H3;1H/t9-;/m1./s1. The Bertz CT molecular complexity index is 201. The first-order valence-electron chi connectivity index (χ1n) is 5.47. The highest BCUT2D eigenvalue weighted by molar-refractivity contribution is 7.99. The maximum atomic E-state index is 12.0. The van der Waals surface area contributed by atoms with Crippen LogP contribution in [-0.2, 0) is 9.53 Å². The Hall–Kier alpha value is 0.0300. The fourth-order valence-electron chi connectivity index (χ4n) is 1.52. The smallest absolute Gasteiger partial charge is 0.240 e. The van der Waals surface area contributed by atoms with Gasteiger partial charge < -0.3 is 9.64 Å². The summed E-state index contributed by atoms with van der Waals surface area (Å²) in [5.41, 5.74) is 0. The van der Waals surface area contributed by atoms with Crippen molar-refractivity contribution >= 4 is 30.1 Å². The van der Waals surface area contributed by atoms with Gasteiger partial charge in [-0.1, -0.05) is 0 Å². The van der Waals surface area contributed by atoms with Gasteiger partial charge in [-0.15, -0.1) is 24.2 Å². The number of nitrogens with zero attached hydrogens (tertiary/aromatic N) is 1. The summed E-state index contributed by atoms with van der Waals surface area (Å²) in [4.78, 5) is 13.8. The number of carbonyl (C=O) groups excluding carboxylic acids is 1. The number of likely N-dealkylation sites (N-methyl/N-ethyl adjacent to an activating group) is 1. The lowest BCUT2D eigenvalue weighted by molar-refractivity contribution is -0.133. The lowest BCUT2D eigenvalue weighted by atomic mass is 10.3. The molecule has 96 valence electrons. The molecule has 0 unspecified atom stereocenters. The van der Waals surface area contributed by atoms with Crippen molar-refractivity contribution < 1.29 is 9.53 Å². The number of thioether (sulfide) groups is 1. The predicted molar refractivity (Wildman–Crippen MR) is 70.2 cm³/mol. The largest absolute Gasteiger partial charge is 0.380 e. The van der Waals surface area contributed by atoms with E-state index in [0.29, 0.717) is 19.8 Å². The zero-order chi connectivity index (χ0) is 11.1. The second kappa shape index (κ2) is 9.10. The second-order valence-corrected chi connectivity index (χ2v) is 4.42. The Morgan fingerprint density at radius 3 is 2.81 bits per heavy atom. The van der Waals surface area contributed by atoms with Crippen LogP contribution < -0.4 is 5.32 Å². The Morgan fingerprint density at radius 2 is 2.31 bits per heavy atom. The highest BCUT2D eigenvalue weighted by Crippen LogP contribution is 2.11. The Balaban J connectivity index is 0.00000225. The molecule has 0 aliphatic carbocycles. The van der Waals surface area contributed by atoms with E-state index in [2.05, 4.69) is 5.32 Å². The monoisotopic (exact) mass is 268 g/mol. The van der Waals surface area contributed by atoms with Crippen LogP contribution in [0.1, 0.15) is 13.8 Å². The van der Waals surface area contributed by atoms with E-state index < -0.39 is 0 Å². The van der Waals surface area contributed by atoms with Crippen molar-refractivity contribution in [1.82, 2.24) is 10.2 Å². The quantitative estimate of drug-likeness (QED) is 0.729. The van der Waals surface area contributed by atoms with Crippen LogP contribution in [0.25, 0.3) is 0 Å². The van der Waals surface area contributed by atoms with E-state index in [4.69, 9.17) is 4.74 Å². The van der Waals surface area contributed by atoms with Crippen LogP contribution in [0.4, 0.5) is 0 Å². The van der Waals surface area contributed by atoms with E-state index in [9.17, 15) is 4.79 Å². The van der Waals surface area contributed by atoms with Crippen molar-refractivity contribution in [3.63, 3.8) is 0 Å². The minimum atomic E-state index is 0. The van der Waals surface area contributed by atoms with Crippen LogP contribution in [0.2, 0.25) is 0 Å². The van der Waals surface area contributed by atoms with Gasteiger partial charge in [0.05, 0.1) is 12.6 Å². The topological polar surface area (TPSA) is 41.6 Å². The van der Waals surface area contributed by atoms with E-state index in [1.165, 1.54) is 0 Å². The molecule has 1 fully saturated rings. The minimum Gasteiger partial charge on any atom is -0.380 e. The molecule has 16 heavy (non-hydrogen) atoms. The molecule has 1 rings (SSSR count). The number of carbonyl (C=O) groups is 1. The summed E-state index contributed by atoms with van der Waals surface area (Å²) < 4.78 is 5.26. The van der Waals surface area contributed by atoms with Gasteiger partial charge in [-0.3, -0.25) is 10.1 Å². The van der Waals surface area contributed by atoms with E-state index in [0.717, 1.165) is 18.2 Å². The minimum absolute atomic E-state index is 0. The fraction of sp³-hybridized carbons (Fsp3) is 0.900. The Morgan fingerprint density at radius 1 is 1.56 bits per heavy atom. The molecule has 4 nitrogen and oxygen atoms in total. The van der Waals surface area contributed by atoms with E-state index in [1.807, 2.05) is 18.7 Å². The van der Waals surface area contributed by atoms with Crippen molar-refractivity contribution in [3.05, 3.63) is 0 Å². The molecule has 1 amide bonds. The van der Waals surface area contributed by atoms with Crippen LogP contribution in [0, 0.1) is 0 Å². The number of halogens is 1. The third-order valence-corrected chi connectivity index (χ3v) is 3.36. The molecule has 0 saturated carbocycles. The predicted octanol–water partition coefficient (Wildman–Crippen LogP) is 0.956. The van der Waals surface area contributed by atoms with Crippen LogP contribution >= 0.6 is 24.2 Å². The molecule has 1 saturated heterocycles. The average Bonchev–Trinajstić information content (AvgIpc) is 2.77. The molecular formula is C10H21ClN2O2S. The van der Waals surface area contributed by atoms with Crippen molar-refractivity contribution in [2.24, 2.45) is 0 Å². The van der Waals surface area contributed by atoms with Gasteiger partial charge >= 0.3 is 0 Å². The van der Waals surface area contributed by atoms with E-state index in [1.54, 1.807) is 11.8 Å². The summed E-state index contributed by atoms with van der Waals surface area (Å²) in [6.45, 7) is 6.78. The summed E-state index contributed by atoms with van der Waals surface area (Å²) in [5, 5.41) is 3.19. The number of nitrogens with one attached hydrogen (secondary N) is 1. The normalized spacial score (nSPS) is 19.2. The van der Waals surface area contributed by atoms with Crippen molar-refractivity contribution in [2.75, 3.05) is 37.9 Å². The highest BCUT2D eigenvalue weighted by Gasteiger charge is 2.26. The molecule has 0 radical (unpaired) electrons. The third-order valence-electron chi connectivity index (χ3n) is 2.42. The molecule has 0 aromatic rings. The van der Waals surface area contributed by atoms with Crippen LogP contribution in [0.5, 0.6) is 0 Å². The maximum Gasteiger partial charge on any atom is 0.240 e. The summed E-state index contributed by atoms with van der Waals surface area (Å²) in [5.74, 6) is 1.99. The zero-order valence-corrected chi connectivity index (χ0v) is 11.5. The third kappa shape index (κ3) is 4.91. The molecule has 0 aromatic heterocycles. The molecule has 0 aromatic carbocycles. The summed E-state index contributed by atoms with van der Waals surface area (Å²) in [7, 11) is 0. The molecule has 1 aliphatic heterocycles. The average molecular weight is 269 g/mol. The molecule has 6 heteroatoms. The van der Waals surface area contributed by atoms with Gasteiger partial charge in [0.25, 0.3) is 0 Å². The van der Waals surface area contributed by atoms with Crippen molar-refractivity contribution in [2.45, 2.75) is 19.9 Å². The number of rotatable bonds is 6. The highest BCUT2D eigenvalue weighted by atomic mass is 35.5. The Labute approximate surface area is 108 Å². The molecule has 1 atom stereocenters. The van der Waals surface area contributed by atoms with Gasteiger partial charge in [0, 0.05) is 31.3 Å². The van der Waals surface area contributed by atoms with Gasteiger partial charge in [-0.2, -0.15) is 0 Å². The van der Waals surface area contributed by atoms with Gasteiger partial charge in [0.2, 0.25) is 5.91 Å². The first-order valence-corrected chi connectivity index (χ1v) is 6.62. The molecule has 1 aliphatic rings. The van der Waals surface area contributed by atoms with Crippen LogP contribution in [0.15, 0.2) is 0 Å². The Kier molecular flexibility index (Phi) is 9.12. The molecule has 1 N–H and O–H groups in total. The maximum absolute atomic E-state index is 12.0. The molecular weight excluding hydrogens is 248 g/mol. The van der Waals surface area contributed by atoms with Crippen LogP contribution in [-0.4, -0.2) is 54.8 Å². The zero-order valence-electron chi connectivity index (χ0n) is 9.90. The number of ether oxygens (including phenoxy) is 1. The van der Waals surface area contributed by atoms with Gasteiger partial charge in [-0.25, -0.2) is 0 Å². The lowest BCUT2D eigenvalue weighted by Crippen LogP contribution is -2.46. The summed E-state index contributed by atoms with van der Waals surface area (Å²) in [6, 6.07) is 0.0107. The van der Waals surface area contributed by atoms with Gasteiger partial charge in [0.1, 0.15) is 0 Å². The number of hydrogen-bond acceptors (Lipinski definition) is 4. The summed E-state index contributed by atoms with van der Waals surface area (Å²) in [6.07, 6.45) is 0. The molecule has 0 spiro atoms. The lowest BCUT2D eigenvalue weighted by Gasteiger charge is -2.23. The second-order valence-electron chi connectivity index (χ2n) is 3.39. The van der Waals surface area contributed by atoms with Crippen molar-refractivity contribution in [3.8, 4) is 0 Å².